The first-order valence-electron chi connectivity index (χ1n) is 7.56. The summed E-state index contributed by atoms with van der Waals surface area (Å²) in [4.78, 5) is 8.24. The maximum atomic E-state index is 12.3. The first kappa shape index (κ1) is 16.3. The molecule has 0 saturated carbocycles. The Morgan fingerprint density at radius 3 is 2.88 bits per heavy atom. The number of hydrogen-bond acceptors (Lipinski definition) is 6. The highest BCUT2D eigenvalue weighted by Gasteiger charge is 2.15. The lowest BCUT2D eigenvalue weighted by Crippen LogP contribution is -2.24. The van der Waals surface area contributed by atoms with Crippen LogP contribution in [0.4, 0.5) is 5.95 Å². The highest BCUT2D eigenvalue weighted by molar-refractivity contribution is 7.89. The standard InChI is InChI=1S/C15H18N6O2S/c1-2-3-6-18-24(22,23)13-7-12(8-17-9-13)11-4-5-14-19-15(16)20-21(14)10-11/h4-5,7-10,18H,2-3,6H2,1H3,(H2,16,20). The number of unbranched alkanes of at least 4 members (excludes halogenated alkanes) is 1. The minimum atomic E-state index is -3.57. The van der Waals surface area contributed by atoms with E-state index < -0.39 is 10.0 Å². The van der Waals surface area contributed by atoms with Crippen molar-refractivity contribution < 1.29 is 8.42 Å². The Bertz CT molecular complexity index is 967. The van der Waals surface area contributed by atoms with E-state index in [4.69, 9.17) is 5.73 Å². The van der Waals surface area contributed by atoms with E-state index in [-0.39, 0.29) is 10.8 Å². The summed E-state index contributed by atoms with van der Waals surface area (Å²) in [6.07, 6.45) is 6.38. The number of aromatic nitrogens is 4. The van der Waals surface area contributed by atoms with Gasteiger partial charge in [-0.3, -0.25) is 4.98 Å². The molecule has 126 valence electrons. The average molecular weight is 346 g/mol. The van der Waals surface area contributed by atoms with Gasteiger partial charge in [0.15, 0.2) is 5.65 Å². The molecule has 0 atom stereocenters. The van der Waals surface area contributed by atoms with Gasteiger partial charge in [-0.05, 0) is 24.6 Å². The summed E-state index contributed by atoms with van der Waals surface area (Å²) in [5, 5.41) is 4.05. The first-order chi connectivity index (χ1) is 11.5. The van der Waals surface area contributed by atoms with Gasteiger partial charge in [0.2, 0.25) is 16.0 Å². The maximum absolute atomic E-state index is 12.3. The highest BCUT2D eigenvalue weighted by atomic mass is 32.2. The Morgan fingerprint density at radius 2 is 2.08 bits per heavy atom. The summed E-state index contributed by atoms with van der Waals surface area (Å²) in [6, 6.07) is 5.17. The molecule has 24 heavy (non-hydrogen) atoms. The molecule has 0 unspecified atom stereocenters. The molecule has 3 heterocycles. The quantitative estimate of drug-likeness (QED) is 0.653. The van der Waals surface area contributed by atoms with Crippen LogP contribution in [0.5, 0.6) is 0 Å². The van der Waals surface area contributed by atoms with Gasteiger partial charge in [-0.2, -0.15) is 4.98 Å². The highest BCUT2D eigenvalue weighted by Crippen LogP contribution is 2.22. The first-order valence-corrected chi connectivity index (χ1v) is 9.05. The Morgan fingerprint density at radius 1 is 1.25 bits per heavy atom. The molecule has 3 rings (SSSR count). The fraction of sp³-hybridized carbons (Fsp3) is 0.267. The zero-order valence-corrected chi connectivity index (χ0v) is 14.0. The molecular formula is C15H18N6O2S. The minimum absolute atomic E-state index is 0.134. The van der Waals surface area contributed by atoms with Crippen LogP contribution >= 0.6 is 0 Å². The number of hydrogen-bond donors (Lipinski definition) is 2. The smallest absolute Gasteiger partial charge is 0.242 e. The molecule has 0 aliphatic carbocycles. The lowest BCUT2D eigenvalue weighted by atomic mass is 10.1. The molecule has 0 radical (unpaired) electrons. The third-order valence-corrected chi connectivity index (χ3v) is 4.95. The van der Waals surface area contributed by atoms with Gasteiger partial charge in [0.1, 0.15) is 4.90 Å². The molecule has 0 bridgehead atoms. The summed E-state index contributed by atoms with van der Waals surface area (Å²) in [5.41, 5.74) is 7.63. The van der Waals surface area contributed by atoms with Crippen molar-refractivity contribution in [2.24, 2.45) is 0 Å². The third-order valence-electron chi connectivity index (χ3n) is 3.53. The molecule has 0 spiro atoms. The summed E-state index contributed by atoms with van der Waals surface area (Å²) in [6.45, 7) is 2.41. The zero-order chi connectivity index (χ0) is 17.2. The number of nitrogen functional groups attached to an aromatic ring is 1. The molecule has 9 heteroatoms. The predicted molar refractivity (Wildman–Crippen MR) is 90.7 cm³/mol. The van der Waals surface area contributed by atoms with Crippen molar-refractivity contribution in [3.63, 3.8) is 0 Å². The van der Waals surface area contributed by atoms with Crippen molar-refractivity contribution in [3.8, 4) is 11.1 Å². The second-order valence-electron chi connectivity index (χ2n) is 5.35. The molecule has 3 N–H and O–H groups in total. The monoisotopic (exact) mass is 346 g/mol. The van der Waals surface area contributed by atoms with Crippen molar-refractivity contribution in [1.82, 2.24) is 24.3 Å². The number of pyridine rings is 2. The number of nitrogens with one attached hydrogen (secondary N) is 1. The van der Waals surface area contributed by atoms with Crippen LogP contribution in [0.25, 0.3) is 16.8 Å². The molecule has 0 amide bonds. The summed E-state index contributed by atoms with van der Waals surface area (Å²) in [7, 11) is -3.57. The zero-order valence-electron chi connectivity index (χ0n) is 13.2. The van der Waals surface area contributed by atoms with Crippen molar-refractivity contribution in [2.45, 2.75) is 24.7 Å². The fourth-order valence-corrected chi connectivity index (χ4v) is 3.32. The van der Waals surface area contributed by atoms with Crippen LogP contribution in [0.1, 0.15) is 19.8 Å². The van der Waals surface area contributed by atoms with Crippen LogP contribution in [0.3, 0.4) is 0 Å². The third kappa shape index (κ3) is 3.36. The number of nitrogens with two attached hydrogens (primary N) is 1. The summed E-state index contributed by atoms with van der Waals surface area (Å²) in [5.74, 6) is 0.182. The minimum Gasteiger partial charge on any atom is -0.366 e. The number of sulfonamides is 1. The maximum Gasteiger partial charge on any atom is 0.242 e. The largest absolute Gasteiger partial charge is 0.366 e. The SMILES string of the molecule is CCCCNS(=O)(=O)c1cncc(-c2ccc3nc(N)nn3c2)c1. The molecule has 3 aromatic heterocycles. The lowest BCUT2D eigenvalue weighted by molar-refractivity contribution is 0.578. The van der Waals surface area contributed by atoms with Crippen LogP contribution < -0.4 is 10.5 Å². The second kappa shape index (κ2) is 6.54. The molecule has 0 aliphatic rings. The topological polar surface area (TPSA) is 115 Å². The number of fused-ring (bicyclic) bond motifs is 1. The van der Waals surface area contributed by atoms with E-state index in [1.165, 1.54) is 6.20 Å². The van der Waals surface area contributed by atoms with Crippen molar-refractivity contribution in [3.05, 3.63) is 36.8 Å². The van der Waals surface area contributed by atoms with Crippen LogP contribution in [0.2, 0.25) is 0 Å². The summed E-state index contributed by atoms with van der Waals surface area (Å²) >= 11 is 0. The van der Waals surface area contributed by atoms with Gasteiger partial charge in [-0.25, -0.2) is 17.7 Å². The number of anilines is 1. The van der Waals surface area contributed by atoms with Gasteiger partial charge in [0.05, 0.1) is 0 Å². The second-order valence-corrected chi connectivity index (χ2v) is 7.12. The van der Waals surface area contributed by atoms with Gasteiger partial charge in [-0.15, -0.1) is 5.10 Å². The Balaban J connectivity index is 1.94. The van der Waals surface area contributed by atoms with Crippen molar-refractivity contribution in [1.29, 1.82) is 0 Å². The summed E-state index contributed by atoms with van der Waals surface area (Å²) < 4.78 is 28.7. The molecule has 3 aromatic rings. The Labute approximate surface area is 139 Å². The van der Waals surface area contributed by atoms with Gasteiger partial charge in [-0.1, -0.05) is 13.3 Å². The molecule has 8 nitrogen and oxygen atoms in total. The molecule has 0 saturated heterocycles. The van der Waals surface area contributed by atoms with Gasteiger partial charge in [0, 0.05) is 36.3 Å². The van der Waals surface area contributed by atoms with Gasteiger partial charge in [0.25, 0.3) is 0 Å². The van der Waals surface area contributed by atoms with Crippen LogP contribution in [0.15, 0.2) is 41.7 Å². The number of nitrogens with zero attached hydrogens (tertiary/aromatic N) is 4. The van der Waals surface area contributed by atoms with E-state index in [1.54, 1.807) is 29.0 Å². The fourth-order valence-electron chi connectivity index (χ4n) is 2.26. The number of rotatable bonds is 6. The molecule has 0 aromatic carbocycles. The van der Waals surface area contributed by atoms with Crippen LogP contribution in [-0.4, -0.2) is 34.5 Å². The Hall–Kier alpha value is -2.52. The van der Waals surface area contributed by atoms with E-state index in [9.17, 15) is 8.42 Å². The van der Waals surface area contributed by atoms with Gasteiger partial charge < -0.3 is 5.73 Å². The van der Waals surface area contributed by atoms with Crippen LogP contribution in [-0.2, 0) is 10.0 Å². The van der Waals surface area contributed by atoms with Gasteiger partial charge >= 0.3 is 0 Å². The van der Waals surface area contributed by atoms with Crippen molar-refractivity contribution in [2.75, 3.05) is 12.3 Å². The normalized spacial score (nSPS) is 11.9. The van der Waals surface area contributed by atoms with E-state index in [1.807, 2.05) is 13.0 Å². The lowest BCUT2D eigenvalue weighted by Gasteiger charge is -2.08. The molecule has 0 aliphatic heterocycles. The van der Waals surface area contributed by atoms with Crippen molar-refractivity contribution >= 4 is 21.6 Å². The van der Waals surface area contributed by atoms with E-state index in [0.717, 1.165) is 18.4 Å². The van der Waals surface area contributed by atoms with Crippen LogP contribution in [0, 0.1) is 0 Å². The van der Waals surface area contributed by atoms with E-state index in [0.29, 0.717) is 17.8 Å². The van der Waals surface area contributed by atoms with E-state index in [2.05, 4.69) is 19.8 Å². The average Bonchev–Trinajstić information content (AvgIpc) is 2.94. The molecular weight excluding hydrogens is 328 g/mol. The van der Waals surface area contributed by atoms with E-state index >= 15 is 0 Å². The Kier molecular flexibility index (Phi) is 4.45. The predicted octanol–water partition coefficient (Wildman–Crippen LogP) is 1.45. The molecule has 0 fully saturated rings.